The highest BCUT2D eigenvalue weighted by atomic mass is 79.9. The van der Waals surface area contributed by atoms with Crippen molar-refractivity contribution in [3.05, 3.63) is 28.2 Å². The maximum absolute atomic E-state index is 12.1. The van der Waals surface area contributed by atoms with Gasteiger partial charge in [0, 0.05) is 15.4 Å². The van der Waals surface area contributed by atoms with Crippen LogP contribution in [0, 0.1) is 12.8 Å². The number of benzene rings is 1. The first kappa shape index (κ1) is 15.9. The van der Waals surface area contributed by atoms with E-state index in [0.29, 0.717) is 17.7 Å². The summed E-state index contributed by atoms with van der Waals surface area (Å²) in [6.45, 7) is 4.32. The van der Waals surface area contributed by atoms with Gasteiger partial charge in [0.1, 0.15) is 0 Å². The Labute approximate surface area is 134 Å². The molecule has 0 heterocycles. The van der Waals surface area contributed by atoms with Gasteiger partial charge in [-0.3, -0.25) is 4.79 Å². The first-order chi connectivity index (χ1) is 9.56. The monoisotopic (exact) mass is 355 g/mol. The van der Waals surface area contributed by atoms with E-state index in [9.17, 15) is 4.79 Å². The van der Waals surface area contributed by atoms with Gasteiger partial charge in [-0.05, 0) is 49.4 Å². The predicted molar refractivity (Wildman–Crippen MR) is 89.2 cm³/mol. The second kappa shape index (κ2) is 7.51. The number of hydrogen-bond donors (Lipinski definition) is 1. The molecule has 4 heteroatoms. The summed E-state index contributed by atoms with van der Waals surface area (Å²) in [5.74, 6) is 1.29. The fourth-order valence-corrected chi connectivity index (χ4v) is 3.99. The van der Waals surface area contributed by atoms with E-state index in [1.165, 1.54) is 29.7 Å². The molecule has 0 radical (unpaired) electrons. The fraction of sp³-hybridized carbons (Fsp3) is 0.562. The minimum Gasteiger partial charge on any atom is -0.352 e. The van der Waals surface area contributed by atoms with Crippen molar-refractivity contribution in [1.29, 1.82) is 0 Å². The Kier molecular flexibility index (Phi) is 5.97. The van der Waals surface area contributed by atoms with Crippen molar-refractivity contribution in [2.24, 2.45) is 5.92 Å². The Balaban J connectivity index is 1.82. The zero-order valence-corrected chi connectivity index (χ0v) is 14.5. The molecule has 1 aromatic rings. The first-order valence-corrected chi connectivity index (χ1v) is 9.02. The molecule has 0 spiro atoms. The summed E-state index contributed by atoms with van der Waals surface area (Å²) >= 11 is 5.08. The molecule has 2 nitrogen and oxygen atoms in total. The smallest absolute Gasteiger partial charge is 0.230 e. The van der Waals surface area contributed by atoms with Crippen LogP contribution in [0.15, 0.2) is 27.6 Å². The lowest BCUT2D eigenvalue weighted by molar-refractivity contribution is -0.119. The van der Waals surface area contributed by atoms with E-state index in [-0.39, 0.29) is 5.91 Å². The lowest BCUT2D eigenvalue weighted by Gasteiger charge is -2.29. The second-order valence-electron chi connectivity index (χ2n) is 5.63. The molecule has 0 saturated heterocycles. The summed E-state index contributed by atoms with van der Waals surface area (Å²) in [4.78, 5) is 13.2. The summed E-state index contributed by atoms with van der Waals surface area (Å²) < 4.78 is 1.08. The van der Waals surface area contributed by atoms with Gasteiger partial charge in [0.2, 0.25) is 5.91 Å². The molecule has 2 rings (SSSR count). The number of hydrogen-bond acceptors (Lipinski definition) is 2. The molecule has 0 bridgehead atoms. The van der Waals surface area contributed by atoms with Crippen LogP contribution >= 0.6 is 27.7 Å². The number of carbonyl (C=O) groups excluding carboxylic acids is 1. The topological polar surface area (TPSA) is 29.1 Å². The minimum atomic E-state index is 0.163. The van der Waals surface area contributed by atoms with Gasteiger partial charge in [0.15, 0.2) is 0 Å². The van der Waals surface area contributed by atoms with Crippen LogP contribution in [0.1, 0.15) is 38.2 Å². The number of nitrogens with one attached hydrogen (secondary N) is 1. The van der Waals surface area contributed by atoms with Gasteiger partial charge >= 0.3 is 0 Å². The third-order valence-electron chi connectivity index (χ3n) is 3.95. The number of aryl methyl sites for hydroxylation is 1. The Hall–Kier alpha value is -0.480. The Morgan fingerprint density at radius 1 is 1.40 bits per heavy atom. The molecule has 1 aromatic carbocycles. The lowest BCUT2D eigenvalue weighted by atomic mass is 9.86. The molecule has 1 aliphatic carbocycles. The Bertz CT molecular complexity index is 478. The molecule has 20 heavy (non-hydrogen) atoms. The van der Waals surface area contributed by atoms with E-state index in [4.69, 9.17) is 0 Å². The molecule has 0 aromatic heterocycles. The highest BCUT2D eigenvalue weighted by Gasteiger charge is 2.22. The number of carbonyl (C=O) groups is 1. The SMILES string of the molecule is Cc1cc(Br)ccc1SCC(=O)N[C@@H]1CCCC[C@H]1C. The molecule has 1 amide bonds. The summed E-state index contributed by atoms with van der Waals surface area (Å²) in [5, 5.41) is 3.20. The van der Waals surface area contributed by atoms with Crippen LogP contribution in [0.25, 0.3) is 0 Å². The summed E-state index contributed by atoms with van der Waals surface area (Å²) in [5.41, 5.74) is 1.21. The van der Waals surface area contributed by atoms with Crippen LogP contribution in [0.5, 0.6) is 0 Å². The van der Waals surface area contributed by atoms with Crippen LogP contribution < -0.4 is 5.32 Å². The van der Waals surface area contributed by atoms with Gasteiger partial charge in [-0.1, -0.05) is 35.7 Å². The van der Waals surface area contributed by atoms with Gasteiger partial charge in [-0.15, -0.1) is 11.8 Å². The van der Waals surface area contributed by atoms with E-state index < -0.39 is 0 Å². The quantitative estimate of drug-likeness (QED) is 0.803. The van der Waals surface area contributed by atoms with E-state index in [2.05, 4.69) is 47.2 Å². The van der Waals surface area contributed by atoms with Crippen molar-refractivity contribution in [3.8, 4) is 0 Å². The van der Waals surface area contributed by atoms with Crippen molar-refractivity contribution >= 4 is 33.6 Å². The van der Waals surface area contributed by atoms with Gasteiger partial charge in [0.25, 0.3) is 0 Å². The van der Waals surface area contributed by atoms with Crippen LogP contribution in [0.4, 0.5) is 0 Å². The van der Waals surface area contributed by atoms with Gasteiger partial charge < -0.3 is 5.32 Å². The fourth-order valence-electron chi connectivity index (χ4n) is 2.70. The van der Waals surface area contributed by atoms with E-state index in [0.717, 1.165) is 10.9 Å². The van der Waals surface area contributed by atoms with Crippen LogP contribution in [0.3, 0.4) is 0 Å². The average Bonchev–Trinajstić information content (AvgIpc) is 2.40. The zero-order chi connectivity index (χ0) is 14.5. The average molecular weight is 356 g/mol. The maximum Gasteiger partial charge on any atom is 0.230 e. The third-order valence-corrected chi connectivity index (χ3v) is 5.62. The van der Waals surface area contributed by atoms with Crippen molar-refractivity contribution in [3.63, 3.8) is 0 Å². The van der Waals surface area contributed by atoms with E-state index >= 15 is 0 Å². The summed E-state index contributed by atoms with van der Waals surface area (Å²) in [6, 6.07) is 6.56. The molecule has 0 unspecified atom stereocenters. The van der Waals surface area contributed by atoms with E-state index in [1.807, 2.05) is 6.07 Å². The van der Waals surface area contributed by atoms with Crippen LogP contribution in [0.2, 0.25) is 0 Å². The van der Waals surface area contributed by atoms with Crippen molar-refractivity contribution < 1.29 is 4.79 Å². The molecular formula is C16H22BrNOS. The number of rotatable bonds is 4. The standard InChI is InChI=1S/C16H22BrNOS/c1-11-5-3-4-6-14(11)18-16(19)10-20-15-8-7-13(17)9-12(15)2/h7-9,11,14H,3-6,10H2,1-2H3,(H,18,19)/t11-,14-/m1/s1. The Morgan fingerprint density at radius 3 is 2.85 bits per heavy atom. The molecule has 1 fully saturated rings. The number of thioether (sulfide) groups is 1. The molecule has 2 atom stereocenters. The number of halogens is 1. The van der Waals surface area contributed by atoms with Crippen LogP contribution in [-0.4, -0.2) is 17.7 Å². The first-order valence-electron chi connectivity index (χ1n) is 7.24. The molecule has 1 saturated carbocycles. The van der Waals surface area contributed by atoms with Crippen molar-refractivity contribution in [2.75, 3.05) is 5.75 Å². The molecule has 1 aliphatic rings. The van der Waals surface area contributed by atoms with Gasteiger partial charge in [-0.2, -0.15) is 0 Å². The molecule has 0 aliphatic heterocycles. The summed E-state index contributed by atoms with van der Waals surface area (Å²) in [7, 11) is 0. The van der Waals surface area contributed by atoms with Crippen molar-refractivity contribution in [2.45, 2.75) is 50.5 Å². The maximum atomic E-state index is 12.1. The normalized spacial score (nSPS) is 22.6. The highest BCUT2D eigenvalue weighted by Crippen LogP contribution is 2.26. The van der Waals surface area contributed by atoms with Crippen LogP contribution in [-0.2, 0) is 4.79 Å². The second-order valence-corrected chi connectivity index (χ2v) is 7.57. The molecule has 110 valence electrons. The summed E-state index contributed by atoms with van der Waals surface area (Å²) in [6.07, 6.45) is 4.92. The third kappa shape index (κ3) is 4.52. The molecular weight excluding hydrogens is 334 g/mol. The minimum absolute atomic E-state index is 0.163. The largest absolute Gasteiger partial charge is 0.352 e. The Morgan fingerprint density at radius 2 is 2.15 bits per heavy atom. The number of amides is 1. The highest BCUT2D eigenvalue weighted by molar-refractivity contribution is 9.10. The van der Waals surface area contributed by atoms with E-state index in [1.54, 1.807) is 11.8 Å². The predicted octanol–water partition coefficient (Wildman–Crippen LogP) is 4.54. The van der Waals surface area contributed by atoms with Crippen molar-refractivity contribution in [1.82, 2.24) is 5.32 Å². The lowest BCUT2D eigenvalue weighted by Crippen LogP contribution is -2.41. The zero-order valence-electron chi connectivity index (χ0n) is 12.1. The van der Waals surface area contributed by atoms with Gasteiger partial charge in [0.05, 0.1) is 5.75 Å². The van der Waals surface area contributed by atoms with Gasteiger partial charge in [-0.25, -0.2) is 0 Å². The molecule has 1 N–H and O–H groups in total.